The van der Waals surface area contributed by atoms with Gasteiger partial charge in [-0.1, -0.05) is 78.0 Å². The van der Waals surface area contributed by atoms with Crippen LogP contribution in [0.3, 0.4) is 0 Å². The van der Waals surface area contributed by atoms with E-state index in [1.807, 2.05) is 103 Å². The van der Waals surface area contributed by atoms with Crippen molar-refractivity contribution in [1.82, 2.24) is 65.3 Å². The molecule has 57 heavy (non-hydrogen) atoms. The van der Waals surface area contributed by atoms with Crippen LogP contribution < -0.4 is 0 Å². The van der Waals surface area contributed by atoms with Gasteiger partial charge < -0.3 is 9.97 Å². The Morgan fingerprint density at radius 1 is 0.509 bits per heavy atom. The number of H-pyrrole nitrogens is 3. The number of nitrogens with one attached hydrogen (secondary N) is 3. The molecule has 0 amide bonds. The lowest BCUT2D eigenvalue weighted by Crippen LogP contribution is -2.04. The zero-order valence-electron chi connectivity index (χ0n) is 29.7. The van der Waals surface area contributed by atoms with Crippen molar-refractivity contribution >= 4 is 65.9 Å². The second-order valence-corrected chi connectivity index (χ2v) is 13.7. The Kier molecular flexibility index (Phi) is 6.59. The molecule has 3 N–H and O–H groups in total. The van der Waals surface area contributed by atoms with Gasteiger partial charge in [-0.25, -0.2) is 34.9 Å². The van der Waals surface area contributed by atoms with Crippen LogP contribution in [0.4, 0.5) is 0 Å². The van der Waals surface area contributed by atoms with Crippen LogP contribution >= 0.6 is 0 Å². The summed E-state index contributed by atoms with van der Waals surface area (Å²) in [6.07, 6.45) is 5.16. The number of aromatic amines is 3. The molecule has 8 heterocycles. The molecule has 0 unspecified atom stereocenters. The second kappa shape index (κ2) is 12.1. The lowest BCUT2D eigenvalue weighted by Gasteiger charge is -2.19. The standard InChI is InChI=1S/C44H25N13/c1-3-10-25-23(8-1)18-19-45-39(25)41-35(31-17-16-24-9-2-4-12-28(24)49-31)36(44-46-21-34-43(54-44)48-22-47-34)40-33(50-41)20-27(42-51-29-13-5-6-14-30(29)52-42)37(53-40)26-11-7-15-32-38(26)56-57-55-32/h1-22H,(H,51,52)(H,55,56,57)(H,46,47,48,54). The Balaban J connectivity index is 1.28. The van der Waals surface area contributed by atoms with Gasteiger partial charge in [-0.3, -0.25) is 10.1 Å². The first-order valence-corrected chi connectivity index (χ1v) is 18.2. The third-order valence-corrected chi connectivity index (χ3v) is 10.4. The van der Waals surface area contributed by atoms with Crippen molar-refractivity contribution in [3.8, 4) is 56.7 Å². The zero-order valence-corrected chi connectivity index (χ0v) is 29.7. The SMILES string of the molecule is c1ccc2nc(-c3c(-c4nccc5ccccc45)nc4cc(-c5nc6ccccc6[nH]5)c(-c5cccc6[nH]nnc56)nc4c3-c3ncc4[nH]cnc4n3)ccc2c1. The summed E-state index contributed by atoms with van der Waals surface area (Å²) >= 11 is 0. The van der Waals surface area contributed by atoms with Crippen LogP contribution in [0.15, 0.2) is 134 Å². The lowest BCUT2D eigenvalue weighted by molar-refractivity contribution is 0.959. The smallest absolute Gasteiger partial charge is 0.181 e. The van der Waals surface area contributed by atoms with Crippen LogP contribution in [0.5, 0.6) is 0 Å². The molecule has 266 valence electrons. The third kappa shape index (κ3) is 4.89. The molecule has 0 bridgehead atoms. The summed E-state index contributed by atoms with van der Waals surface area (Å²) < 4.78 is 0. The van der Waals surface area contributed by atoms with Crippen LogP contribution in [0.2, 0.25) is 0 Å². The highest BCUT2D eigenvalue weighted by molar-refractivity contribution is 6.09. The van der Waals surface area contributed by atoms with Gasteiger partial charge >= 0.3 is 0 Å². The molecular weight excluding hydrogens is 711 g/mol. The molecule has 12 rings (SSSR count). The van der Waals surface area contributed by atoms with Crippen molar-refractivity contribution < 1.29 is 0 Å². The molecule has 13 nitrogen and oxygen atoms in total. The maximum Gasteiger partial charge on any atom is 0.181 e. The van der Waals surface area contributed by atoms with E-state index < -0.39 is 0 Å². The van der Waals surface area contributed by atoms with Gasteiger partial charge in [0.2, 0.25) is 0 Å². The van der Waals surface area contributed by atoms with E-state index >= 15 is 0 Å². The minimum Gasteiger partial charge on any atom is -0.342 e. The van der Waals surface area contributed by atoms with Gasteiger partial charge in [0.05, 0.1) is 62.8 Å². The Morgan fingerprint density at radius 3 is 2.32 bits per heavy atom. The first kappa shape index (κ1) is 31.1. The molecule has 0 atom stereocenters. The van der Waals surface area contributed by atoms with E-state index in [0.717, 1.165) is 49.4 Å². The van der Waals surface area contributed by atoms with Gasteiger partial charge in [-0.2, -0.15) is 0 Å². The first-order valence-electron chi connectivity index (χ1n) is 18.2. The number of aromatic nitrogens is 13. The summed E-state index contributed by atoms with van der Waals surface area (Å²) in [5, 5.41) is 14.6. The number of imidazole rings is 2. The number of pyridine rings is 4. The maximum atomic E-state index is 5.55. The highest BCUT2D eigenvalue weighted by Gasteiger charge is 2.28. The van der Waals surface area contributed by atoms with Crippen molar-refractivity contribution in [3.63, 3.8) is 0 Å². The van der Waals surface area contributed by atoms with Gasteiger partial charge in [0.25, 0.3) is 0 Å². The minimum atomic E-state index is 0.406. The van der Waals surface area contributed by atoms with Gasteiger partial charge in [-0.15, -0.1) is 5.10 Å². The van der Waals surface area contributed by atoms with Gasteiger partial charge in [0.15, 0.2) is 11.5 Å². The topological polar surface area (TPSA) is 176 Å². The predicted molar refractivity (Wildman–Crippen MR) is 220 cm³/mol. The molecule has 0 radical (unpaired) electrons. The van der Waals surface area contributed by atoms with Crippen LogP contribution in [0.1, 0.15) is 0 Å². The summed E-state index contributed by atoms with van der Waals surface area (Å²) in [5.74, 6) is 1.03. The van der Waals surface area contributed by atoms with Crippen LogP contribution in [-0.2, 0) is 0 Å². The van der Waals surface area contributed by atoms with Gasteiger partial charge in [0.1, 0.15) is 28.1 Å². The summed E-state index contributed by atoms with van der Waals surface area (Å²) in [6.45, 7) is 0. The molecule has 0 saturated heterocycles. The minimum absolute atomic E-state index is 0.406. The molecule has 8 aromatic heterocycles. The van der Waals surface area contributed by atoms with E-state index in [1.54, 1.807) is 12.5 Å². The fourth-order valence-corrected chi connectivity index (χ4v) is 7.72. The van der Waals surface area contributed by atoms with E-state index in [9.17, 15) is 0 Å². The van der Waals surface area contributed by atoms with E-state index in [-0.39, 0.29) is 0 Å². The average Bonchev–Trinajstić information content (AvgIpc) is 4.05. The normalized spacial score (nSPS) is 11.9. The largest absolute Gasteiger partial charge is 0.342 e. The number of rotatable bonds is 5. The molecule has 13 heteroatoms. The van der Waals surface area contributed by atoms with Crippen molar-refractivity contribution in [3.05, 3.63) is 134 Å². The van der Waals surface area contributed by atoms with Crippen LogP contribution in [-0.4, -0.2) is 65.3 Å². The van der Waals surface area contributed by atoms with E-state index in [4.69, 9.17) is 34.9 Å². The van der Waals surface area contributed by atoms with Crippen molar-refractivity contribution in [2.75, 3.05) is 0 Å². The number of benzene rings is 4. The molecule has 0 aliphatic heterocycles. The zero-order chi connectivity index (χ0) is 37.5. The number of hydrogen-bond donors (Lipinski definition) is 3. The molecule has 0 aliphatic carbocycles. The Morgan fingerprint density at radius 2 is 1.37 bits per heavy atom. The van der Waals surface area contributed by atoms with E-state index in [2.05, 4.69) is 48.6 Å². The number of nitrogens with zero attached hydrogens (tertiary/aromatic N) is 10. The lowest BCUT2D eigenvalue weighted by atomic mass is 9.94. The fraction of sp³-hybridized carbons (Fsp3) is 0. The average molecular weight is 736 g/mol. The Bertz CT molecular complexity index is 3530. The molecule has 12 aromatic rings. The van der Waals surface area contributed by atoms with Crippen molar-refractivity contribution in [2.24, 2.45) is 0 Å². The molecular formula is C44H25N13. The molecule has 0 spiro atoms. The first-order chi connectivity index (χ1) is 28.2. The summed E-state index contributed by atoms with van der Waals surface area (Å²) in [4.78, 5) is 47.5. The second-order valence-electron chi connectivity index (χ2n) is 13.7. The number of fused-ring (bicyclic) bond motifs is 6. The van der Waals surface area contributed by atoms with E-state index in [0.29, 0.717) is 73.3 Å². The number of hydrogen-bond acceptors (Lipinski definition) is 10. The molecule has 0 fully saturated rings. The quantitative estimate of drug-likeness (QED) is 0.155. The van der Waals surface area contributed by atoms with Crippen LogP contribution in [0, 0.1) is 0 Å². The maximum absolute atomic E-state index is 5.55. The monoisotopic (exact) mass is 735 g/mol. The molecule has 0 saturated carbocycles. The summed E-state index contributed by atoms with van der Waals surface area (Å²) in [5.41, 5.74) is 11.7. The molecule has 0 aliphatic rings. The van der Waals surface area contributed by atoms with Crippen molar-refractivity contribution in [1.29, 1.82) is 0 Å². The van der Waals surface area contributed by atoms with Gasteiger partial charge in [0, 0.05) is 33.7 Å². The highest BCUT2D eigenvalue weighted by Crippen LogP contribution is 2.45. The highest BCUT2D eigenvalue weighted by atomic mass is 15.3. The van der Waals surface area contributed by atoms with E-state index in [1.165, 1.54) is 0 Å². The van der Waals surface area contributed by atoms with Gasteiger partial charge in [-0.05, 0) is 47.9 Å². The summed E-state index contributed by atoms with van der Waals surface area (Å²) in [6, 6.07) is 38.1. The Labute approximate surface area is 321 Å². The Hall–Kier alpha value is -8.32. The molecule has 4 aromatic carbocycles. The predicted octanol–water partition coefficient (Wildman–Crippen LogP) is 8.88. The number of para-hydroxylation sites is 3. The fourth-order valence-electron chi connectivity index (χ4n) is 7.72. The third-order valence-electron chi connectivity index (χ3n) is 10.4. The summed E-state index contributed by atoms with van der Waals surface area (Å²) in [7, 11) is 0. The van der Waals surface area contributed by atoms with Crippen molar-refractivity contribution in [2.45, 2.75) is 0 Å². The van der Waals surface area contributed by atoms with Crippen LogP contribution in [0.25, 0.3) is 123 Å².